The van der Waals surface area contributed by atoms with Gasteiger partial charge in [-0.3, -0.25) is 0 Å². The lowest BCUT2D eigenvalue weighted by Crippen LogP contribution is -2.09. The van der Waals surface area contributed by atoms with Crippen LogP contribution in [-0.4, -0.2) is 13.1 Å². The van der Waals surface area contributed by atoms with Gasteiger partial charge in [-0.05, 0) is 37.1 Å². The molecule has 1 heterocycles. The predicted octanol–water partition coefficient (Wildman–Crippen LogP) is 4.03. The lowest BCUT2D eigenvalue weighted by Gasteiger charge is -2.11. The van der Waals surface area contributed by atoms with E-state index in [1.54, 1.807) is 12.1 Å². The third-order valence-corrected chi connectivity index (χ3v) is 4.24. The van der Waals surface area contributed by atoms with Gasteiger partial charge in [0.2, 0.25) is 0 Å². The van der Waals surface area contributed by atoms with Gasteiger partial charge in [-0.15, -0.1) is 0 Å². The Morgan fingerprint density at radius 2 is 1.92 bits per heavy atom. The molecule has 0 radical (unpaired) electrons. The number of carbonyl (C=O) groups excluding carboxylic acids is 1. The van der Waals surface area contributed by atoms with E-state index in [4.69, 9.17) is 13.9 Å². The van der Waals surface area contributed by atoms with E-state index in [1.165, 1.54) is 13.2 Å². The van der Waals surface area contributed by atoms with Crippen molar-refractivity contribution in [3.63, 3.8) is 0 Å². The molecule has 26 heavy (non-hydrogen) atoms. The van der Waals surface area contributed by atoms with E-state index in [-0.39, 0.29) is 6.61 Å². The van der Waals surface area contributed by atoms with Crippen LogP contribution >= 0.6 is 0 Å². The van der Waals surface area contributed by atoms with E-state index >= 15 is 0 Å². The van der Waals surface area contributed by atoms with Gasteiger partial charge in [-0.2, -0.15) is 0 Å². The van der Waals surface area contributed by atoms with Gasteiger partial charge in [0.1, 0.15) is 23.5 Å². The molecule has 0 fully saturated rings. The first-order chi connectivity index (χ1) is 12.5. The molecule has 3 rings (SSSR count). The van der Waals surface area contributed by atoms with Crippen LogP contribution in [-0.2, 0) is 17.8 Å². The summed E-state index contributed by atoms with van der Waals surface area (Å²) >= 11 is 0. The lowest BCUT2D eigenvalue weighted by atomic mass is 10.1. The molecule has 0 spiro atoms. The fourth-order valence-electron chi connectivity index (χ4n) is 2.82. The SMILES string of the molecule is CCc1ccc2c(COC(=O)c3cc(C)ccc3OC)cc(=O)oc2c1. The molecule has 5 nitrogen and oxygen atoms in total. The highest BCUT2D eigenvalue weighted by atomic mass is 16.5. The van der Waals surface area contributed by atoms with Crippen molar-refractivity contribution in [3.8, 4) is 5.75 Å². The van der Waals surface area contributed by atoms with Crippen molar-refractivity contribution in [1.29, 1.82) is 0 Å². The molecule has 1 aromatic heterocycles. The number of ether oxygens (including phenoxy) is 2. The van der Waals surface area contributed by atoms with Crippen LogP contribution in [0.3, 0.4) is 0 Å². The third-order valence-electron chi connectivity index (χ3n) is 4.24. The summed E-state index contributed by atoms with van der Waals surface area (Å²) in [5, 5.41) is 0.755. The molecule has 0 bridgehead atoms. The summed E-state index contributed by atoms with van der Waals surface area (Å²) in [5.41, 5.74) is 2.99. The molecule has 0 atom stereocenters. The van der Waals surface area contributed by atoms with Gasteiger partial charge in [0.25, 0.3) is 0 Å². The third kappa shape index (κ3) is 3.61. The number of esters is 1. The highest BCUT2D eigenvalue weighted by Gasteiger charge is 2.15. The lowest BCUT2D eigenvalue weighted by molar-refractivity contribution is 0.0470. The standard InChI is InChI=1S/C21H20O5/c1-4-14-6-7-16-15(11-20(22)26-19(16)10-14)12-25-21(23)17-9-13(2)5-8-18(17)24-3/h5-11H,4,12H2,1-3H3. The Hall–Kier alpha value is -3.08. The number of fused-ring (bicyclic) bond motifs is 1. The predicted molar refractivity (Wildman–Crippen MR) is 98.7 cm³/mol. The second-order valence-electron chi connectivity index (χ2n) is 6.05. The molecule has 2 aromatic carbocycles. The minimum absolute atomic E-state index is 0.0243. The number of rotatable bonds is 5. The number of benzene rings is 2. The molecule has 0 aliphatic heterocycles. The van der Waals surface area contributed by atoms with Gasteiger partial charge in [0.05, 0.1) is 7.11 Å². The van der Waals surface area contributed by atoms with Crippen molar-refractivity contribution in [3.05, 3.63) is 75.1 Å². The van der Waals surface area contributed by atoms with E-state index < -0.39 is 11.6 Å². The Morgan fingerprint density at radius 3 is 2.65 bits per heavy atom. The minimum Gasteiger partial charge on any atom is -0.496 e. The fourth-order valence-corrected chi connectivity index (χ4v) is 2.82. The minimum atomic E-state index is -0.503. The van der Waals surface area contributed by atoms with Crippen LogP contribution in [0.25, 0.3) is 11.0 Å². The van der Waals surface area contributed by atoms with Crippen molar-refractivity contribution >= 4 is 16.9 Å². The average Bonchev–Trinajstić information content (AvgIpc) is 2.65. The second kappa shape index (κ2) is 7.44. The van der Waals surface area contributed by atoms with Gasteiger partial charge < -0.3 is 13.9 Å². The molecule has 5 heteroatoms. The molecule has 3 aromatic rings. The smallest absolute Gasteiger partial charge is 0.342 e. The van der Waals surface area contributed by atoms with Gasteiger partial charge >= 0.3 is 11.6 Å². The molecular weight excluding hydrogens is 332 g/mol. The van der Waals surface area contributed by atoms with Crippen molar-refractivity contribution in [2.45, 2.75) is 26.9 Å². The van der Waals surface area contributed by atoms with Crippen LogP contribution in [0.2, 0.25) is 0 Å². The zero-order valence-electron chi connectivity index (χ0n) is 15.0. The maximum Gasteiger partial charge on any atom is 0.342 e. The van der Waals surface area contributed by atoms with E-state index in [0.717, 1.165) is 22.9 Å². The molecule has 0 unspecified atom stereocenters. The summed E-state index contributed by atoms with van der Waals surface area (Å²) in [6, 6.07) is 12.3. The Morgan fingerprint density at radius 1 is 1.12 bits per heavy atom. The van der Waals surface area contributed by atoms with Crippen LogP contribution in [0.4, 0.5) is 0 Å². The Kier molecular flexibility index (Phi) is 5.07. The maximum absolute atomic E-state index is 12.5. The van der Waals surface area contributed by atoms with E-state index in [0.29, 0.717) is 22.5 Å². The van der Waals surface area contributed by atoms with Gasteiger partial charge in [-0.1, -0.05) is 30.7 Å². The number of aryl methyl sites for hydroxylation is 2. The molecule has 0 amide bonds. The normalized spacial score (nSPS) is 10.7. The molecule has 0 N–H and O–H groups in total. The zero-order valence-corrected chi connectivity index (χ0v) is 15.0. The zero-order chi connectivity index (χ0) is 18.7. The summed E-state index contributed by atoms with van der Waals surface area (Å²) in [6.45, 7) is 3.89. The Labute approximate surface area is 151 Å². The largest absolute Gasteiger partial charge is 0.496 e. The van der Waals surface area contributed by atoms with Crippen LogP contribution in [0.15, 0.2) is 51.7 Å². The molecule has 0 aliphatic rings. The summed E-state index contributed by atoms with van der Waals surface area (Å²) in [5.74, 6) is -0.0530. The summed E-state index contributed by atoms with van der Waals surface area (Å²) < 4.78 is 15.9. The van der Waals surface area contributed by atoms with Gasteiger partial charge in [0, 0.05) is 17.0 Å². The van der Waals surface area contributed by atoms with E-state index in [2.05, 4.69) is 0 Å². The van der Waals surface area contributed by atoms with Crippen LogP contribution in [0, 0.1) is 6.92 Å². The highest BCUT2D eigenvalue weighted by molar-refractivity contribution is 5.93. The number of hydrogen-bond acceptors (Lipinski definition) is 5. The first-order valence-corrected chi connectivity index (χ1v) is 8.39. The van der Waals surface area contributed by atoms with Crippen LogP contribution in [0.1, 0.15) is 34.0 Å². The Balaban J connectivity index is 1.89. The van der Waals surface area contributed by atoms with Crippen LogP contribution < -0.4 is 10.4 Å². The van der Waals surface area contributed by atoms with E-state index in [1.807, 2.05) is 38.1 Å². The van der Waals surface area contributed by atoms with Crippen molar-refractivity contribution in [1.82, 2.24) is 0 Å². The monoisotopic (exact) mass is 352 g/mol. The number of hydrogen-bond donors (Lipinski definition) is 0. The van der Waals surface area contributed by atoms with Crippen molar-refractivity contribution in [2.75, 3.05) is 7.11 Å². The molecule has 0 saturated carbocycles. The van der Waals surface area contributed by atoms with Gasteiger partial charge in [0.15, 0.2) is 0 Å². The Bertz CT molecular complexity index is 1020. The molecule has 134 valence electrons. The topological polar surface area (TPSA) is 65.7 Å². The van der Waals surface area contributed by atoms with Gasteiger partial charge in [-0.25, -0.2) is 9.59 Å². The number of carbonyl (C=O) groups is 1. The van der Waals surface area contributed by atoms with Crippen LogP contribution in [0.5, 0.6) is 5.75 Å². The van der Waals surface area contributed by atoms with Crippen molar-refractivity contribution in [2.24, 2.45) is 0 Å². The first-order valence-electron chi connectivity index (χ1n) is 8.39. The van der Waals surface area contributed by atoms with Crippen molar-refractivity contribution < 1.29 is 18.7 Å². The molecular formula is C21H20O5. The summed E-state index contributed by atoms with van der Waals surface area (Å²) in [7, 11) is 1.50. The average molecular weight is 352 g/mol. The fraction of sp³-hybridized carbons (Fsp3) is 0.238. The highest BCUT2D eigenvalue weighted by Crippen LogP contribution is 2.23. The quantitative estimate of drug-likeness (QED) is 0.512. The molecule has 0 aliphatic carbocycles. The summed E-state index contributed by atoms with van der Waals surface area (Å²) in [6.07, 6.45) is 0.839. The van der Waals surface area contributed by atoms with E-state index in [9.17, 15) is 9.59 Å². The maximum atomic E-state index is 12.5. The molecule has 0 saturated heterocycles. The second-order valence-corrected chi connectivity index (χ2v) is 6.05. The number of methoxy groups -OCH3 is 1. The first kappa shape index (κ1) is 17.7. The summed E-state index contributed by atoms with van der Waals surface area (Å²) in [4.78, 5) is 24.3.